The van der Waals surface area contributed by atoms with E-state index in [2.05, 4.69) is 5.10 Å². The number of aromatic nitrogens is 2. The van der Waals surface area contributed by atoms with Crippen LogP contribution in [0.25, 0.3) is 11.1 Å². The monoisotopic (exact) mass is 286 g/mol. The smallest absolute Gasteiger partial charge is 0.244 e. The standard InChI is InChI=1S/C15H18N4O2/c16-14-4-2-1-3-13(14)12-9-17-19(10-12)11-15(20)18-5-7-21-8-6-18/h1-4,9-10H,5-8,11,16H2. The molecule has 1 aliphatic heterocycles. The summed E-state index contributed by atoms with van der Waals surface area (Å²) in [4.78, 5) is 14.0. The predicted molar refractivity (Wildman–Crippen MR) is 79.5 cm³/mol. The molecule has 110 valence electrons. The Balaban J connectivity index is 1.70. The molecule has 1 saturated heterocycles. The SMILES string of the molecule is Nc1ccccc1-c1cnn(CC(=O)N2CCOCC2)c1. The molecule has 1 amide bonds. The van der Waals surface area contributed by atoms with E-state index in [9.17, 15) is 4.79 Å². The van der Waals surface area contributed by atoms with E-state index in [1.807, 2.05) is 35.4 Å². The zero-order chi connectivity index (χ0) is 14.7. The first-order valence-electron chi connectivity index (χ1n) is 6.97. The molecule has 0 radical (unpaired) electrons. The van der Waals surface area contributed by atoms with Crippen LogP contribution in [-0.4, -0.2) is 46.9 Å². The van der Waals surface area contributed by atoms with Gasteiger partial charge in [0.1, 0.15) is 6.54 Å². The molecule has 0 atom stereocenters. The van der Waals surface area contributed by atoms with Gasteiger partial charge in [0.15, 0.2) is 0 Å². The lowest BCUT2D eigenvalue weighted by Gasteiger charge is -2.26. The maximum absolute atomic E-state index is 12.2. The van der Waals surface area contributed by atoms with E-state index in [0.29, 0.717) is 32.0 Å². The molecule has 1 fully saturated rings. The zero-order valence-corrected chi connectivity index (χ0v) is 11.7. The largest absolute Gasteiger partial charge is 0.398 e. The van der Waals surface area contributed by atoms with E-state index in [1.54, 1.807) is 10.9 Å². The Bertz CT molecular complexity index is 632. The topological polar surface area (TPSA) is 73.4 Å². The fourth-order valence-corrected chi connectivity index (χ4v) is 2.40. The molecule has 2 N–H and O–H groups in total. The molecular weight excluding hydrogens is 268 g/mol. The third-order valence-electron chi connectivity index (χ3n) is 3.57. The molecular formula is C15H18N4O2. The molecule has 0 unspecified atom stereocenters. The molecule has 1 aromatic heterocycles. The van der Waals surface area contributed by atoms with Gasteiger partial charge in [-0.3, -0.25) is 9.48 Å². The first-order valence-corrected chi connectivity index (χ1v) is 6.97. The van der Waals surface area contributed by atoms with Gasteiger partial charge in [0.2, 0.25) is 5.91 Å². The number of para-hydroxylation sites is 1. The van der Waals surface area contributed by atoms with Gasteiger partial charge in [0.25, 0.3) is 0 Å². The van der Waals surface area contributed by atoms with Crippen molar-refractivity contribution >= 4 is 11.6 Å². The van der Waals surface area contributed by atoms with Crippen LogP contribution in [0.4, 0.5) is 5.69 Å². The van der Waals surface area contributed by atoms with Crippen molar-refractivity contribution in [2.24, 2.45) is 0 Å². The summed E-state index contributed by atoms with van der Waals surface area (Å²) in [5.41, 5.74) is 8.51. The summed E-state index contributed by atoms with van der Waals surface area (Å²) in [6, 6.07) is 7.62. The zero-order valence-electron chi connectivity index (χ0n) is 11.7. The highest BCUT2D eigenvalue weighted by Gasteiger charge is 2.17. The third-order valence-corrected chi connectivity index (χ3v) is 3.57. The van der Waals surface area contributed by atoms with Crippen LogP contribution in [0.2, 0.25) is 0 Å². The molecule has 0 spiro atoms. The van der Waals surface area contributed by atoms with E-state index >= 15 is 0 Å². The molecule has 1 aliphatic rings. The lowest BCUT2D eigenvalue weighted by molar-refractivity contribution is -0.136. The highest BCUT2D eigenvalue weighted by molar-refractivity contribution is 5.77. The molecule has 2 heterocycles. The van der Waals surface area contributed by atoms with Gasteiger partial charge >= 0.3 is 0 Å². The van der Waals surface area contributed by atoms with Gasteiger partial charge in [-0.1, -0.05) is 18.2 Å². The number of nitrogen functional groups attached to an aromatic ring is 1. The average molecular weight is 286 g/mol. The fraction of sp³-hybridized carbons (Fsp3) is 0.333. The minimum Gasteiger partial charge on any atom is -0.398 e. The van der Waals surface area contributed by atoms with E-state index < -0.39 is 0 Å². The first kappa shape index (κ1) is 13.6. The molecule has 1 aromatic carbocycles. The molecule has 0 aliphatic carbocycles. The van der Waals surface area contributed by atoms with Gasteiger partial charge < -0.3 is 15.4 Å². The summed E-state index contributed by atoms with van der Waals surface area (Å²) >= 11 is 0. The summed E-state index contributed by atoms with van der Waals surface area (Å²) in [6.45, 7) is 2.76. The molecule has 21 heavy (non-hydrogen) atoms. The highest BCUT2D eigenvalue weighted by atomic mass is 16.5. The van der Waals surface area contributed by atoms with Crippen molar-refractivity contribution in [3.63, 3.8) is 0 Å². The van der Waals surface area contributed by atoms with Crippen molar-refractivity contribution in [1.29, 1.82) is 0 Å². The molecule has 2 aromatic rings. The normalized spacial score (nSPS) is 15.1. The number of ether oxygens (including phenoxy) is 1. The molecule has 6 nitrogen and oxygen atoms in total. The Morgan fingerprint density at radius 2 is 2.05 bits per heavy atom. The van der Waals surface area contributed by atoms with Crippen LogP contribution in [0.5, 0.6) is 0 Å². The lowest BCUT2D eigenvalue weighted by Crippen LogP contribution is -2.42. The number of anilines is 1. The second kappa shape index (κ2) is 5.97. The Morgan fingerprint density at radius 3 is 2.81 bits per heavy atom. The minimum absolute atomic E-state index is 0.0639. The molecule has 3 rings (SSSR count). The number of hydrogen-bond donors (Lipinski definition) is 1. The quantitative estimate of drug-likeness (QED) is 0.854. The Kier molecular flexibility index (Phi) is 3.87. The van der Waals surface area contributed by atoms with Crippen LogP contribution in [0, 0.1) is 0 Å². The number of rotatable bonds is 3. The van der Waals surface area contributed by atoms with Crippen LogP contribution < -0.4 is 5.73 Å². The van der Waals surface area contributed by atoms with Crippen LogP contribution in [0.3, 0.4) is 0 Å². The fourth-order valence-electron chi connectivity index (χ4n) is 2.40. The predicted octanol–water partition coefficient (Wildman–Crippen LogP) is 0.991. The molecule has 0 bridgehead atoms. The summed E-state index contributed by atoms with van der Waals surface area (Å²) in [5.74, 6) is 0.0639. The lowest BCUT2D eigenvalue weighted by atomic mass is 10.1. The van der Waals surface area contributed by atoms with Crippen LogP contribution in [0.1, 0.15) is 0 Å². The number of nitrogens with zero attached hydrogens (tertiary/aromatic N) is 3. The molecule has 0 saturated carbocycles. The third kappa shape index (κ3) is 3.05. The van der Waals surface area contributed by atoms with E-state index in [4.69, 9.17) is 10.5 Å². The van der Waals surface area contributed by atoms with Crippen LogP contribution in [0.15, 0.2) is 36.7 Å². The number of benzene rings is 1. The Hall–Kier alpha value is -2.34. The summed E-state index contributed by atoms with van der Waals surface area (Å²) in [5, 5.41) is 4.25. The van der Waals surface area contributed by atoms with Crippen molar-refractivity contribution < 1.29 is 9.53 Å². The number of morpholine rings is 1. The number of hydrogen-bond acceptors (Lipinski definition) is 4. The Morgan fingerprint density at radius 1 is 1.29 bits per heavy atom. The van der Waals surface area contributed by atoms with Crippen molar-refractivity contribution in [2.75, 3.05) is 32.0 Å². The van der Waals surface area contributed by atoms with Gasteiger partial charge in [0, 0.05) is 36.1 Å². The van der Waals surface area contributed by atoms with Crippen LogP contribution >= 0.6 is 0 Å². The van der Waals surface area contributed by atoms with Crippen LogP contribution in [-0.2, 0) is 16.1 Å². The number of amides is 1. The Labute approximate surface area is 123 Å². The van der Waals surface area contributed by atoms with Gasteiger partial charge in [-0.2, -0.15) is 5.10 Å². The van der Waals surface area contributed by atoms with Gasteiger partial charge in [-0.15, -0.1) is 0 Å². The van der Waals surface area contributed by atoms with E-state index in [-0.39, 0.29) is 12.5 Å². The van der Waals surface area contributed by atoms with Gasteiger partial charge in [-0.05, 0) is 6.07 Å². The second-order valence-corrected chi connectivity index (χ2v) is 5.01. The van der Waals surface area contributed by atoms with E-state index in [1.165, 1.54) is 0 Å². The first-order chi connectivity index (χ1) is 10.2. The minimum atomic E-state index is 0.0639. The van der Waals surface area contributed by atoms with Crippen molar-refractivity contribution in [3.05, 3.63) is 36.7 Å². The maximum Gasteiger partial charge on any atom is 0.244 e. The summed E-state index contributed by atoms with van der Waals surface area (Å²) < 4.78 is 6.90. The average Bonchev–Trinajstić information content (AvgIpc) is 2.97. The maximum atomic E-state index is 12.2. The number of carbonyl (C=O) groups is 1. The van der Waals surface area contributed by atoms with Crippen molar-refractivity contribution in [1.82, 2.24) is 14.7 Å². The van der Waals surface area contributed by atoms with Gasteiger partial charge in [0.05, 0.1) is 19.4 Å². The van der Waals surface area contributed by atoms with E-state index in [0.717, 1.165) is 11.1 Å². The van der Waals surface area contributed by atoms with Crippen molar-refractivity contribution in [3.8, 4) is 11.1 Å². The highest BCUT2D eigenvalue weighted by Crippen LogP contribution is 2.24. The van der Waals surface area contributed by atoms with Gasteiger partial charge in [-0.25, -0.2) is 0 Å². The number of nitrogens with two attached hydrogens (primary N) is 1. The molecule has 6 heteroatoms. The van der Waals surface area contributed by atoms with Crippen molar-refractivity contribution in [2.45, 2.75) is 6.54 Å². The second-order valence-electron chi connectivity index (χ2n) is 5.01. The summed E-state index contributed by atoms with van der Waals surface area (Å²) in [6.07, 6.45) is 3.59. The number of carbonyl (C=O) groups excluding carboxylic acids is 1. The summed E-state index contributed by atoms with van der Waals surface area (Å²) in [7, 11) is 0.